The highest BCUT2D eigenvalue weighted by molar-refractivity contribution is 5.92. The van der Waals surface area contributed by atoms with E-state index in [-0.39, 0.29) is 11.4 Å². The molecular weight excluding hydrogens is 371 g/mol. The van der Waals surface area contributed by atoms with Gasteiger partial charge in [-0.2, -0.15) is 5.10 Å². The van der Waals surface area contributed by atoms with E-state index in [1.807, 2.05) is 30.3 Å². The molecule has 2 heterocycles. The lowest BCUT2D eigenvalue weighted by Crippen LogP contribution is -2.27. The zero-order chi connectivity index (χ0) is 20.4. The van der Waals surface area contributed by atoms with E-state index in [4.69, 9.17) is 0 Å². The number of aromatic nitrogens is 3. The van der Waals surface area contributed by atoms with Crippen LogP contribution in [-0.4, -0.2) is 32.5 Å². The highest BCUT2D eigenvalue weighted by Crippen LogP contribution is 2.29. The zero-order valence-corrected chi connectivity index (χ0v) is 15.9. The molecule has 0 radical (unpaired) electrons. The van der Waals surface area contributed by atoms with E-state index in [0.717, 1.165) is 5.69 Å². The van der Waals surface area contributed by atoms with Gasteiger partial charge in [0.1, 0.15) is 17.2 Å². The predicted molar refractivity (Wildman–Crippen MR) is 110 cm³/mol. The number of fused-ring (bicyclic) bond motifs is 1. The van der Waals surface area contributed by atoms with Gasteiger partial charge in [0, 0.05) is 29.6 Å². The van der Waals surface area contributed by atoms with Gasteiger partial charge in [0.25, 0.3) is 5.56 Å². The Morgan fingerprint density at radius 1 is 1.17 bits per heavy atom. The largest absolute Gasteiger partial charge is 0.392 e. The van der Waals surface area contributed by atoms with Crippen LogP contribution in [-0.2, 0) is 6.54 Å². The number of aromatic amines is 1. The van der Waals surface area contributed by atoms with Crippen molar-refractivity contribution in [2.45, 2.75) is 19.6 Å². The highest BCUT2D eigenvalue weighted by atomic mass is 19.1. The van der Waals surface area contributed by atoms with Gasteiger partial charge in [-0.15, -0.1) is 0 Å². The van der Waals surface area contributed by atoms with Crippen molar-refractivity contribution in [3.63, 3.8) is 0 Å². The molecule has 4 aromatic rings. The molecule has 6 nitrogen and oxygen atoms in total. The molecule has 2 aromatic carbocycles. The van der Waals surface area contributed by atoms with Crippen molar-refractivity contribution in [2.24, 2.45) is 0 Å². The minimum Gasteiger partial charge on any atom is -0.392 e. The standard InChI is InChI=1S/C22H21FN4O2/c1-14(28)12-24-13-16-11-19-20(15-6-5-7-17(23)10-15)26-27(21(19)25-22(16)29)18-8-3-2-4-9-18/h2-11,14,24,28H,12-13H2,1H3,(H,25,29)/t14-/m1/s1. The molecule has 0 saturated carbocycles. The van der Waals surface area contributed by atoms with Crippen LogP contribution in [0, 0.1) is 5.82 Å². The van der Waals surface area contributed by atoms with Crippen LogP contribution in [0.5, 0.6) is 0 Å². The van der Waals surface area contributed by atoms with E-state index in [2.05, 4.69) is 15.4 Å². The van der Waals surface area contributed by atoms with Crippen molar-refractivity contribution >= 4 is 11.0 Å². The fourth-order valence-electron chi connectivity index (χ4n) is 3.27. The number of halogens is 1. The summed E-state index contributed by atoms with van der Waals surface area (Å²) in [6, 6.07) is 17.4. The average Bonchev–Trinajstić information content (AvgIpc) is 3.07. The van der Waals surface area contributed by atoms with E-state index in [9.17, 15) is 14.3 Å². The number of hydrogen-bond donors (Lipinski definition) is 3. The lowest BCUT2D eigenvalue weighted by atomic mass is 10.1. The van der Waals surface area contributed by atoms with Gasteiger partial charge in [0.2, 0.25) is 0 Å². The molecule has 0 unspecified atom stereocenters. The molecule has 3 N–H and O–H groups in total. The minimum absolute atomic E-state index is 0.238. The van der Waals surface area contributed by atoms with Gasteiger partial charge >= 0.3 is 0 Å². The molecule has 0 spiro atoms. The Balaban J connectivity index is 1.89. The first-order chi connectivity index (χ1) is 14.0. The van der Waals surface area contributed by atoms with Gasteiger partial charge in [-0.1, -0.05) is 30.3 Å². The summed E-state index contributed by atoms with van der Waals surface area (Å²) >= 11 is 0. The first-order valence-corrected chi connectivity index (χ1v) is 9.38. The van der Waals surface area contributed by atoms with Crippen LogP contribution in [0.25, 0.3) is 28.0 Å². The minimum atomic E-state index is -0.513. The maximum absolute atomic E-state index is 13.8. The van der Waals surface area contributed by atoms with Crippen LogP contribution < -0.4 is 10.9 Å². The number of para-hydroxylation sites is 1. The summed E-state index contributed by atoms with van der Waals surface area (Å²) in [5.41, 5.74) is 2.81. The number of hydrogen-bond acceptors (Lipinski definition) is 4. The number of nitrogens with zero attached hydrogens (tertiary/aromatic N) is 2. The van der Waals surface area contributed by atoms with Gasteiger partial charge < -0.3 is 15.4 Å². The first kappa shape index (κ1) is 19.0. The molecular formula is C22H21FN4O2. The Kier molecular flexibility index (Phi) is 5.24. The zero-order valence-electron chi connectivity index (χ0n) is 15.9. The smallest absolute Gasteiger partial charge is 0.254 e. The Morgan fingerprint density at radius 3 is 2.69 bits per heavy atom. The molecule has 0 aliphatic heterocycles. The Morgan fingerprint density at radius 2 is 1.97 bits per heavy atom. The maximum atomic E-state index is 13.8. The SMILES string of the molecule is C[C@@H](O)CNCc1cc2c(-c3cccc(F)c3)nn(-c3ccccc3)c2[nH]c1=O. The summed E-state index contributed by atoms with van der Waals surface area (Å²) in [6.07, 6.45) is -0.513. The van der Waals surface area contributed by atoms with Crippen molar-refractivity contribution in [3.8, 4) is 16.9 Å². The van der Waals surface area contributed by atoms with Crippen LogP contribution >= 0.6 is 0 Å². The normalized spacial score (nSPS) is 12.4. The number of pyridine rings is 1. The Labute approximate surface area is 166 Å². The van der Waals surface area contributed by atoms with Gasteiger partial charge in [-0.3, -0.25) is 4.79 Å². The molecule has 0 bridgehead atoms. The van der Waals surface area contributed by atoms with Crippen LogP contribution in [0.4, 0.5) is 4.39 Å². The summed E-state index contributed by atoms with van der Waals surface area (Å²) < 4.78 is 15.5. The van der Waals surface area contributed by atoms with Gasteiger partial charge in [-0.05, 0) is 37.3 Å². The summed E-state index contributed by atoms with van der Waals surface area (Å²) in [7, 11) is 0. The number of aliphatic hydroxyl groups excluding tert-OH is 1. The van der Waals surface area contributed by atoms with E-state index in [1.165, 1.54) is 12.1 Å². The van der Waals surface area contributed by atoms with Gasteiger partial charge in [0.15, 0.2) is 0 Å². The molecule has 0 saturated heterocycles. The quantitative estimate of drug-likeness (QED) is 0.471. The van der Waals surface area contributed by atoms with E-state index in [0.29, 0.717) is 40.9 Å². The van der Waals surface area contributed by atoms with E-state index < -0.39 is 6.10 Å². The molecule has 148 valence electrons. The first-order valence-electron chi connectivity index (χ1n) is 9.38. The summed E-state index contributed by atoms with van der Waals surface area (Å²) in [5.74, 6) is -0.354. The van der Waals surface area contributed by atoms with E-state index in [1.54, 1.807) is 29.8 Å². The van der Waals surface area contributed by atoms with Crippen molar-refractivity contribution in [1.82, 2.24) is 20.1 Å². The molecule has 4 rings (SSSR count). The number of H-pyrrole nitrogens is 1. The fraction of sp³-hybridized carbons (Fsp3) is 0.182. The average molecular weight is 392 g/mol. The summed E-state index contributed by atoms with van der Waals surface area (Å²) in [4.78, 5) is 15.6. The number of nitrogens with one attached hydrogen (secondary N) is 2. The highest BCUT2D eigenvalue weighted by Gasteiger charge is 2.17. The second-order valence-electron chi connectivity index (χ2n) is 6.97. The van der Waals surface area contributed by atoms with E-state index >= 15 is 0 Å². The molecule has 0 fully saturated rings. The number of rotatable bonds is 6. The molecule has 0 amide bonds. The van der Waals surface area contributed by atoms with Crippen molar-refractivity contribution in [3.05, 3.63) is 82.4 Å². The third-order valence-electron chi connectivity index (χ3n) is 4.62. The fourth-order valence-corrected chi connectivity index (χ4v) is 3.27. The summed E-state index contributed by atoms with van der Waals surface area (Å²) in [5, 5.41) is 17.9. The molecule has 2 aromatic heterocycles. The Hall–Kier alpha value is -3.29. The van der Waals surface area contributed by atoms with Crippen LogP contribution in [0.1, 0.15) is 12.5 Å². The van der Waals surface area contributed by atoms with Gasteiger partial charge in [-0.25, -0.2) is 9.07 Å². The second kappa shape index (κ2) is 7.98. The van der Waals surface area contributed by atoms with Gasteiger partial charge in [0.05, 0.1) is 11.8 Å². The molecule has 0 aliphatic carbocycles. The van der Waals surface area contributed by atoms with Crippen molar-refractivity contribution in [1.29, 1.82) is 0 Å². The van der Waals surface area contributed by atoms with Crippen LogP contribution in [0.15, 0.2) is 65.5 Å². The van der Waals surface area contributed by atoms with Crippen LogP contribution in [0.3, 0.4) is 0 Å². The number of benzene rings is 2. The lowest BCUT2D eigenvalue weighted by Gasteiger charge is -2.07. The van der Waals surface area contributed by atoms with Crippen molar-refractivity contribution in [2.75, 3.05) is 6.54 Å². The topological polar surface area (TPSA) is 82.9 Å². The molecule has 0 aliphatic rings. The number of aliphatic hydroxyl groups is 1. The third kappa shape index (κ3) is 3.96. The summed E-state index contributed by atoms with van der Waals surface area (Å²) in [6.45, 7) is 2.35. The monoisotopic (exact) mass is 392 g/mol. The lowest BCUT2D eigenvalue weighted by molar-refractivity contribution is 0.191. The maximum Gasteiger partial charge on any atom is 0.254 e. The third-order valence-corrected chi connectivity index (χ3v) is 4.62. The van der Waals surface area contributed by atoms with Crippen molar-refractivity contribution < 1.29 is 9.50 Å². The molecule has 7 heteroatoms. The molecule has 29 heavy (non-hydrogen) atoms. The molecule has 1 atom stereocenters. The second-order valence-corrected chi connectivity index (χ2v) is 6.97. The van der Waals surface area contributed by atoms with Crippen LogP contribution in [0.2, 0.25) is 0 Å². The predicted octanol–water partition coefficient (Wildman–Crippen LogP) is 2.99. The Bertz CT molecular complexity index is 1200.